The van der Waals surface area contributed by atoms with Crippen LogP contribution in [-0.4, -0.2) is 16.5 Å². The van der Waals surface area contributed by atoms with Gasteiger partial charge in [-0.2, -0.15) is 5.10 Å². The Morgan fingerprint density at radius 2 is 2.36 bits per heavy atom. The number of benzene rings is 1. The summed E-state index contributed by atoms with van der Waals surface area (Å²) >= 11 is 5.89. The molecule has 1 aromatic carbocycles. The average Bonchev–Trinajstić information content (AvgIpc) is 2.58. The highest BCUT2D eigenvalue weighted by atomic mass is 35.5. The zero-order valence-electron chi connectivity index (χ0n) is 7.46. The van der Waals surface area contributed by atoms with Gasteiger partial charge < -0.3 is 4.79 Å². The van der Waals surface area contributed by atoms with Gasteiger partial charge in [0, 0.05) is 11.8 Å². The molecule has 0 saturated heterocycles. The number of carbonyl (C=O) groups excluding carboxylic acids is 1. The molecule has 0 amide bonds. The smallest absolute Gasteiger partial charge is 0.132 e. The third-order valence-electron chi connectivity index (χ3n) is 2.15. The van der Waals surface area contributed by atoms with E-state index in [0.717, 1.165) is 22.8 Å². The van der Waals surface area contributed by atoms with Crippen molar-refractivity contribution < 1.29 is 4.79 Å². The first-order valence-corrected chi connectivity index (χ1v) is 4.76. The third-order valence-corrected chi connectivity index (χ3v) is 2.44. The molecule has 0 spiro atoms. The van der Waals surface area contributed by atoms with Crippen LogP contribution >= 0.6 is 11.6 Å². The monoisotopic (exact) mass is 208 g/mol. The molecule has 1 heterocycles. The number of aromatic amines is 1. The molecule has 0 unspecified atom stereocenters. The summed E-state index contributed by atoms with van der Waals surface area (Å²) in [5, 5.41) is 8.28. The van der Waals surface area contributed by atoms with E-state index >= 15 is 0 Å². The van der Waals surface area contributed by atoms with Crippen LogP contribution in [0.1, 0.15) is 12.0 Å². The fourth-order valence-corrected chi connectivity index (χ4v) is 1.68. The number of para-hydroxylation sites is 1. The van der Waals surface area contributed by atoms with Gasteiger partial charge in [-0.3, -0.25) is 5.10 Å². The fraction of sp³-hybridized carbons (Fsp3) is 0.200. The van der Waals surface area contributed by atoms with Gasteiger partial charge in [0.25, 0.3) is 0 Å². The van der Waals surface area contributed by atoms with Gasteiger partial charge in [0.15, 0.2) is 0 Å². The van der Waals surface area contributed by atoms with Crippen molar-refractivity contribution in [2.45, 2.75) is 12.8 Å². The molecule has 0 atom stereocenters. The molecule has 14 heavy (non-hydrogen) atoms. The molecule has 1 N–H and O–H groups in total. The molecule has 0 radical (unpaired) electrons. The number of halogens is 1. The van der Waals surface area contributed by atoms with Crippen LogP contribution in [-0.2, 0) is 11.2 Å². The van der Waals surface area contributed by atoms with Gasteiger partial charge in [-0.05, 0) is 18.1 Å². The van der Waals surface area contributed by atoms with Crippen LogP contribution in [0.5, 0.6) is 0 Å². The first kappa shape index (κ1) is 9.21. The highest BCUT2D eigenvalue weighted by molar-refractivity contribution is 6.34. The number of rotatable bonds is 3. The average molecular weight is 209 g/mol. The Balaban J connectivity index is 2.48. The third kappa shape index (κ3) is 1.51. The lowest BCUT2D eigenvalue weighted by Gasteiger charge is -1.97. The maximum atomic E-state index is 10.3. The molecule has 0 aliphatic carbocycles. The van der Waals surface area contributed by atoms with Crippen molar-refractivity contribution in [2.75, 3.05) is 0 Å². The minimum Gasteiger partial charge on any atom is -0.303 e. The van der Waals surface area contributed by atoms with E-state index in [1.165, 1.54) is 0 Å². The number of nitrogens with zero attached hydrogens (tertiary/aromatic N) is 1. The molecule has 3 nitrogen and oxygen atoms in total. The summed E-state index contributed by atoms with van der Waals surface area (Å²) in [6, 6.07) is 5.79. The topological polar surface area (TPSA) is 45.8 Å². The minimum atomic E-state index is 0.517. The van der Waals surface area contributed by atoms with Gasteiger partial charge >= 0.3 is 0 Å². The zero-order chi connectivity index (χ0) is 9.97. The number of aromatic nitrogens is 2. The van der Waals surface area contributed by atoms with Crippen molar-refractivity contribution in [1.29, 1.82) is 0 Å². The predicted molar refractivity (Wildman–Crippen MR) is 55.5 cm³/mol. The highest BCUT2D eigenvalue weighted by Crippen LogP contribution is 2.23. The lowest BCUT2D eigenvalue weighted by Crippen LogP contribution is -1.87. The van der Waals surface area contributed by atoms with Gasteiger partial charge in [-0.1, -0.05) is 23.7 Å². The Morgan fingerprint density at radius 3 is 3.14 bits per heavy atom. The first-order valence-electron chi connectivity index (χ1n) is 4.38. The van der Waals surface area contributed by atoms with Crippen LogP contribution in [0, 0.1) is 0 Å². The van der Waals surface area contributed by atoms with E-state index in [9.17, 15) is 4.79 Å². The van der Waals surface area contributed by atoms with Crippen molar-refractivity contribution in [2.24, 2.45) is 0 Å². The first-order chi connectivity index (χ1) is 6.83. The molecule has 0 aliphatic heterocycles. The molecule has 0 saturated carbocycles. The minimum absolute atomic E-state index is 0.517. The zero-order valence-corrected chi connectivity index (χ0v) is 8.21. The van der Waals surface area contributed by atoms with Crippen molar-refractivity contribution >= 4 is 28.8 Å². The van der Waals surface area contributed by atoms with Crippen molar-refractivity contribution in [3.63, 3.8) is 0 Å². The van der Waals surface area contributed by atoms with E-state index in [4.69, 9.17) is 11.6 Å². The van der Waals surface area contributed by atoms with Crippen LogP contribution < -0.4 is 0 Å². The molecule has 2 aromatic rings. The van der Waals surface area contributed by atoms with E-state index < -0.39 is 0 Å². The number of aldehydes is 1. The molecular weight excluding hydrogens is 200 g/mol. The number of hydrogen-bond acceptors (Lipinski definition) is 2. The Kier molecular flexibility index (Phi) is 2.50. The lowest BCUT2D eigenvalue weighted by atomic mass is 10.1. The number of nitrogens with one attached hydrogen (secondary N) is 1. The number of fused-ring (bicyclic) bond motifs is 1. The van der Waals surface area contributed by atoms with Gasteiger partial charge in [0.1, 0.15) is 11.4 Å². The van der Waals surface area contributed by atoms with E-state index in [1.54, 1.807) is 0 Å². The summed E-state index contributed by atoms with van der Waals surface area (Å²) in [5.41, 5.74) is 1.91. The highest BCUT2D eigenvalue weighted by Gasteiger charge is 2.06. The van der Waals surface area contributed by atoms with Crippen LogP contribution in [0.4, 0.5) is 0 Å². The molecule has 0 bridgehead atoms. The summed E-state index contributed by atoms with van der Waals surface area (Å²) in [5.74, 6) is 0. The Labute approximate surface area is 86.1 Å². The van der Waals surface area contributed by atoms with E-state index in [0.29, 0.717) is 18.0 Å². The number of hydrogen-bond donors (Lipinski definition) is 1. The molecule has 0 fully saturated rings. The second kappa shape index (κ2) is 3.80. The van der Waals surface area contributed by atoms with Crippen LogP contribution in [0.3, 0.4) is 0 Å². The second-order valence-electron chi connectivity index (χ2n) is 3.06. The number of aryl methyl sites for hydroxylation is 1. The largest absolute Gasteiger partial charge is 0.303 e. The van der Waals surface area contributed by atoms with Gasteiger partial charge in [0.2, 0.25) is 0 Å². The Hall–Kier alpha value is -1.35. The number of carbonyl (C=O) groups is 1. The fourth-order valence-electron chi connectivity index (χ4n) is 1.48. The summed E-state index contributed by atoms with van der Waals surface area (Å²) in [6.45, 7) is 0. The maximum Gasteiger partial charge on any atom is 0.132 e. The molecule has 1 aromatic heterocycles. The summed E-state index contributed by atoms with van der Waals surface area (Å²) in [6.07, 6.45) is 2.14. The second-order valence-corrected chi connectivity index (χ2v) is 3.43. The molecule has 2 rings (SSSR count). The van der Waals surface area contributed by atoms with Crippen molar-refractivity contribution in [1.82, 2.24) is 10.2 Å². The number of H-pyrrole nitrogens is 1. The van der Waals surface area contributed by atoms with Crippen molar-refractivity contribution in [3.8, 4) is 0 Å². The van der Waals surface area contributed by atoms with E-state index in [-0.39, 0.29) is 0 Å². The van der Waals surface area contributed by atoms with Crippen LogP contribution in [0.15, 0.2) is 18.2 Å². The molecule has 72 valence electrons. The predicted octanol–water partition coefficient (Wildman–Crippen LogP) is 2.35. The van der Waals surface area contributed by atoms with E-state index in [1.807, 2.05) is 18.2 Å². The van der Waals surface area contributed by atoms with Crippen molar-refractivity contribution in [3.05, 3.63) is 28.9 Å². The lowest BCUT2D eigenvalue weighted by molar-refractivity contribution is -0.107. The summed E-state index contributed by atoms with van der Waals surface area (Å²) in [7, 11) is 0. The van der Waals surface area contributed by atoms with E-state index in [2.05, 4.69) is 10.2 Å². The SMILES string of the molecule is O=CCCc1cccc2c(Cl)[nH]nc12. The summed E-state index contributed by atoms with van der Waals surface area (Å²) < 4.78 is 0. The van der Waals surface area contributed by atoms with Crippen LogP contribution in [0.2, 0.25) is 5.15 Å². The standard InChI is InChI=1S/C10H9ClN2O/c11-10-8-5-1-3-7(4-2-6-14)9(8)12-13-10/h1,3,5-6H,2,4H2,(H,12,13). The quantitative estimate of drug-likeness (QED) is 0.787. The summed E-state index contributed by atoms with van der Waals surface area (Å²) in [4.78, 5) is 10.3. The Morgan fingerprint density at radius 1 is 1.50 bits per heavy atom. The molecular formula is C10H9ClN2O. The van der Waals surface area contributed by atoms with Gasteiger partial charge in [-0.25, -0.2) is 0 Å². The molecule has 4 heteroatoms. The Bertz CT molecular complexity index is 464. The normalized spacial score (nSPS) is 10.6. The maximum absolute atomic E-state index is 10.3. The van der Waals surface area contributed by atoms with Crippen LogP contribution in [0.25, 0.3) is 10.9 Å². The van der Waals surface area contributed by atoms with Gasteiger partial charge in [0.05, 0.1) is 5.52 Å². The van der Waals surface area contributed by atoms with Gasteiger partial charge in [-0.15, -0.1) is 0 Å². The molecule has 0 aliphatic rings.